The van der Waals surface area contributed by atoms with Gasteiger partial charge in [-0.2, -0.15) is 0 Å². The maximum atomic E-state index is 12.5. The normalized spacial score (nSPS) is 14.8. The Morgan fingerprint density at radius 1 is 1.21 bits per heavy atom. The molecule has 1 aliphatic rings. The first-order chi connectivity index (χ1) is 14.0. The van der Waals surface area contributed by atoms with Crippen LogP contribution >= 0.6 is 0 Å². The number of carbonyl (C=O) groups is 1. The third-order valence-corrected chi connectivity index (χ3v) is 5.51. The van der Waals surface area contributed by atoms with E-state index in [1.807, 2.05) is 0 Å². The largest absolute Gasteiger partial charge is 0.464 e. The molecule has 1 fully saturated rings. The Kier molecular flexibility index (Phi) is 6.71. The number of nitrogens with one attached hydrogen (secondary N) is 2. The van der Waals surface area contributed by atoms with Crippen LogP contribution in [0.3, 0.4) is 0 Å². The van der Waals surface area contributed by atoms with E-state index in [9.17, 15) is 25.2 Å². The van der Waals surface area contributed by atoms with Crippen molar-refractivity contribution in [2.75, 3.05) is 14.2 Å². The summed E-state index contributed by atoms with van der Waals surface area (Å²) in [4.78, 5) is 15.5. The Hall–Kier alpha value is -2.23. The van der Waals surface area contributed by atoms with Gasteiger partial charge in [-0.05, 0) is 48.1 Å². The topological polar surface area (TPSA) is 135 Å². The summed E-state index contributed by atoms with van der Waals surface area (Å²) in [6, 6.07) is 3.42. The van der Waals surface area contributed by atoms with Crippen molar-refractivity contribution in [1.29, 1.82) is 0 Å². The van der Waals surface area contributed by atoms with Crippen LogP contribution in [0.2, 0.25) is 0 Å². The number of methoxy groups -OCH3 is 1. The molecule has 8 nitrogen and oxygen atoms in total. The van der Waals surface area contributed by atoms with E-state index in [0.717, 1.165) is 12.8 Å². The molecular formula is C21H28N2O6. The fourth-order valence-electron chi connectivity index (χ4n) is 3.89. The summed E-state index contributed by atoms with van der Waals surface area (Å²) in [5, 5.41) is 43.6. The second-order valence-electron chi connectivity index (χ2n) is 7.28. The minimum atomic E-state index is -0.859. The van der Waals surface area contributed by atoms with Gasteiger partial charge in [0.1, 0.15) is 5.69 Å². The van der Waals surface area contributed by atoms with Crippen LogP contribution in [-0.4, -0.2) is 45.5 Å². The molecule has 1 saturated carbocycles. The molecule has 1 aliphatic carbocycles. The fourth-order valence-corrected chi connectivity index (χ4v) is 3.89. The van der Waals surface area contributed by atoms with Gasteiger partial charge in [-0.15, -0.1) is 0 Å². The number of aromatic amines is 1. The highest BCUT2D eigenvalue weighted by Gasteiger charge is 2.38. The lowest BCUT2D eigenvalue weighted by molar-refractivity contribution is 0.0585. The molecule has 1 atom stereocenters. The van der Waals surface area contributed by atoms with Gasteiger partial charge >= 0.3 is 5.97 Å². The number of aliphatic hydroxyl groups is 4. The molecule has 0 aliphatic heterocycles. The summed E-state index contributed by atoms with van der Waals surface area (Å²) >= 11 is 0. The van der Waals surface area contributed by atoms with Crippen molar-refractivity contribution in [3.8, 4) is 11.1 Å². The predicted molar refractivity (Wildman–Crippen MR) is 106 cm³/mol. The van der Waals surface area contributed by atoms with Crippen molar-refractivity contribution in [2.24, 2.45) is 5.92 Å². The first-order valence-electron chi connectivity index (χ1n) is 9.64. The fraction of sp³-hybridized carbons (Fsp3) is 0.476. The molecule has 3 rings (SSSR count). The zero-order valence-corrected chi connectivity index (χ0v) is 16.7. The van der Waals surface area contributed by atoms with Crippen molar-refractivity contribution in [1.82, 2.24) is 10.3 Å². The van der Waals surface area contributed by atoms with Gasteiger partial charge in [0.25, 0.3) is 0 Å². The molecular weight excluding hydrogens is 376 g/mol. The molecule has 6 N–H and O–H groups in total. The minimum Gasteiger partial charge on any atom is -0.464 e. The average Bonchev–Trinajstić information content (AvgIpc) is 3.53. The van der Waals surface area contributed by atoms with E-state index in [-0.39, 0.29) is 31.4 Å². The highest BCUT2D eigenvalue weighted by Crippen LogP contribution is 2.47. The molecule has 0 radical (unpaired) electrons. The Morgan fingerprint density at radius 3 is 2.41 bits per heavy atom. The number of hydrogen-bond acceptors (Lipinski definition) is 7. The monoisotopic (exact) mass is 404 g/mol. The minimum absolute atomic E-state index is 0.0574. The van der Waals surface area contributed by atoms with Crippen LogP contribution in [0.25, 0.3) is 11.1 Å². The number of aromatic nitrogens is 1. The van der Waals surface area contributed by atoms with Crippen molar-refractivity contribution in [3.05, 3.63) is 45.8 Å². The lowest BCUT2D eigenvalue weighted by atomic mass is 9.88. The second-order valence-corrected chi connectivity index (χ2v) is 7.28. The molecule has 158 valence electrons. The Balaban J connectivity index is 2.33. The van der Waals surface area contributed by atoms with Crippen LogP contribution in [0.1, 0.15) is 57.4 Å². The van der Waals surface area contributed by atoms with Crippen LogP contribution in [0.5, 0.6) is 0 Å². The van der Waals surface area contributed by atoms with Gasteiger partial charge in [-0.1, -0.05) is 12.1 Å². The number of aliphatic hydroxyl groups excluding tert-OH is 4. The maximum Gasteiger partial charge on any atom is 0.354 e. The van der Waals surface area contributed by atoms with Gasteiger partial charge in [-0.25, -0.2) is 4.79 Å². The standard InChI is InChI=1S/C21H28N2O6/c1-22-7-16-17(13-6-5-12(8-24)14(9-25)15(13)10-26)18(20(27)11-3-4-11)19(23-16)21(28)29-2/h5-6,11,20,22-27H,3-4,7-10H2,1-2H3. The summed E-state index contributed by atoms with van der Waals surface area (Å²) in [6.07, 6.45) is 0.875. The molecule has 0 amide bonds. The molecule has 1 aromatic heterocycles. The number of ether oxygens (including phenoxy) is 1. The Labute approximate surface area is 169 Å². The van der Waals surface area contributed by atoms with Crippen molar-refractivity contribution >= 4 is 5.97 Å². The number of H-pyrrole nitrogens is 1. The highest BCUT2D eigenvalue weighted by molar-refractivity contribution is 5.94. The molecule has 0 spiro atoms. The number of hydrogen-bond donors (Lipinski definition) is 6. The molecule has 0 bridgehead atoms. The molecule has 8 heteroatoms. The first-order valence-corrected chi connectivity index (χ1v) is 9.64. The van der Waals surface area contributed by atoms with Gasteiger partial charge in [0.2, 0.25) is 0 Å². The molecule has 0 saturated heterocycles. The summed E-state index contributed by atoms with van der Waals surface area (Å²) in [5.41, 5.74) is 3.92. The van der Waals surface area contributed by atoms with Crippen LogP contribution in [-0.2, 0) is 31.1 Å². The lowest BCUT2D eigenvalue weighted by Crippen LogP contribution is -2.11. The van der Waals surface area contributed by atoms with Crippen LogP contribution < -0.4 is 5.32 Å². The second kappa shape index (κ2) is 9.06. The van der Waals surface area contributed by atoms with Gasteiger partial charge in [0.15, 0.2) is 0 Å². The molecule has 1 unspecified atom stereocenters. The average molecular weight is 404 g/mol. The zero-order chi connectivity index (χ0) is 21.1. The van der Waals surface area contributed by atoms with E-state index in [0.29, 0.717) is 45.6 Å². The summed E-state index contributed by atoms with van der Waals surface area (Å²) in [5.74, 6) is -0.523. The van der Waals surface area contributed by atoms with Crippen molar-refractivity contribution in [2.45, 2.75) is 45.3 Å². The van der Waals surface area contributed by atoms with E-state index in [2.05, 4.69) is 10.3 Å². The van der Waals surface area contributed by atoms with E-state index in [1.165, 1.54) is 7.11 Å². The van der Waals surface area contributed by atoms with Crippen LogP contribution in [0, 0.1) is 5.92 Å². The van der Waals surface area contributed by atoms with Crippen LogP contribution in [0.15, 0.2) is 12.1 Å². The van der Waals surface area contributed by atoms with E-state index in [1.54, 1.807) is 19.2 Å². The third kappa shape index (κ3) is 3.94. The SMILES string of the molecule is CNCc1[nH]c(C(=O)OC)c(C(O)C2CC2)c1-c1ccc(CO)c(CO)c1CO. The Morgan fingerprint density at radius 2 is 1.90 bits per heavy atom. The number of esters is 1. The smallest absolute Gasteiger partial charge is 0.354 e. The molecule has 29 heavy (non-hydrogen) atoms. The van der Waals surface area contributed by atoms with Gasteiger partial charge in [0.05, 0.1) is 33.0 Å². The van der Waals surface area contributed by atoms with Crippen LogP contribution in [0.4, 0.5) is 0 Å². The van der Waals surface area contributed by atoms with Gasteiger partial charge in [0, 0.05) is 23.4 Å². The summed E-state index contributed by atoms with van der Waals surface area (Å²) in [7, 11) is 3.05. The van der Waals surface area contributed by atoms with E-state index in [4.69, 9.17) is 4.74 Å². The van der Waals surface area contributed by atoms with Crippen molar-refractivity contribution in [3.63, 3.8) is 0 Å². The van der Waals surface area contributed by atoms with E-state index >= 15 is 0 Å². The highest BCUT2D eigenvalue weighted by atomic mass is 16.5. The van der Waals surface area contributed by atoms with Crippen molar-refractivity contribution < 1.29 is 30.0 Å². The number of benzene rings is 1. The Bertz CT molecular complexity index is 888. The molecule has 1 aromatic carbocycles. The predicted octanol–water partition coefficient (Wildman–Crippen LogP) is 1.11. The first kappa shape index (κ1) is 21.5. The van der Waals surface area contributed by atoms with E-state index < -0.39 is 12.1 Å². The lowest BCUT2D eigenvalue weighted by Gasteiger charge is -2.19. The quantitative estimate of drug-likeness (QED) is 0.345. The summed E-state index contributed by atoms with van der Waals surface area (Å²) in [6.45, 7) is -0.603. The number of rotatable bonds is 9. The third-order valence-electron chi connectivity index (χ3n) is 5.51. The molecule has 2 aromatic rings. The number of carbonyl (C=O) groups excluding carboxylic acids is 1. The van der Waals surface area contributed by atoms with Gasteiger partial charge < -0.3 is 35.5 Å². The molecule has 1 heterocycles. The van der Waals surface area contributed by atoms with Gasteiger partial charge in [-0.3, -0.25) is 0 Å². The maximum absolute atomic E-state index is 12.5. The summed E-state index contributed by atoms with van der Waals surface area (Å²) < 4.78 is 4.92. The zero-order valence-electron chi connectivity index (χ0n) is 16.7.